The molecule has 1 aromatic rings. The topological polar surface area (TPSA) is 57.6 Å². The normalized spacial score (nSPS) is 18.3. The van der Waals surface area contributed by atoms with Crippen LogP contribution in [0.15, 0.2) is 24.3 Å². The number of carbonyl (C=O) groups excluding carboxylic acids is 1. The Morgan fingerprint density at radius 1 is 1.37 bits per heavy atom. The number of amides is 1. The molecular formula is C14H17NO3S. The van der Waals surface area contributed by atoms with Crippen molar-refractivity contribution in [3.63, 3.8) is 0 Å². The molecule has 0 radical (unpaired) electrons. The summed E-state index contributed by atoms with van der Waals surface area (Å²) in [5.74, 6) is 1.39. The van der Waals surface area contributed by atoms with Gasteiger partial charge in [-0.15, -0.1) is 0 Å². The number of hydrogen-bond acceptors (Lipinski definition) is 3. The second-order valence-electron chi connectivity index (χ2n) is 4.76. The second-order valence-corrected chi connectivity index (χ2v) is 5.91. The van der Waals surface area contributed by atoms with Crippen molar-refractivity contribution in [3.8, 4) is 0 Å². The van der Waals surface area contributed by atoms with E-state index in [2.05, 4.69) is 0 Å². The van der Waals surface area contributed by atoms with E-state index in [4.69, 9.17) is 5.11 Å². The van der Waals surface area contributed by atoms with Gasteiger partial charge in [0.2, 0.25) is 5.91 Å². The van der Waals surface area contributed by atoms with E-state index in [0.29, 0.717) is 6.54 Å². The molecule has 5 heteroatoms. The summed E-state index contributed by atoms with van der Waals surface area (Å²) in [7, 11) is 1.80. The summed E-state index contributed by atoms with van der Waals surface area (Å²) in [5.41, 5.74) is 1.22. The van der Waals surface area contributed by atoms with Gasteiger partial charge in [0.15, 0.2) is 0 Å². The van der Waals surface area contributed by atoms with E-state index in [9.17, 15) is 9.59 Å². The molecule has 0 aromatic heterocycles. The van der Waals surface area contributed by atoms with Crippen molar-refractivity contribution in [2.75, 3.05) is 18.6 Å². The number of benzene rings is 1. The predicted molar refractivity (Wildman–Crippen MR) is 75.3 cm³/mol. The van der Waals surface area contributed by atoms with Crippen molar-refractivity contribution in [2.24, 2.45) is 5.92 Å². The third kappa shape index (κ3) is 3.50. The first kappa shape index (κ1) is 13.9. The minimum atomic E-state index is -0.932. The molecule has 1 unspecified atom stereocenters. The molecule has 1 N–H and O–H groups in total. The fraction of sp³-hybridized carbons (Fsp3) is 0.429. The molecule has 1 aromatic carbocycles. The highest BCUT2D eigenvalue weighted by Crippen LogP contribution is 2.25. The van der Waals surface area contributed by atoms with Crippen molar-refractivity contribution in [3.05, 3.63) is 35.4 Å². The molecule has 0 bridgehead atoms. The smallest absolute Gasteiger partial charge is 0.335 e. The largest absolute Gasteiger partial charge is 0.478 e. The van der Waals surface area contributed by atoms with E-state index in [-0.39, 0.29) is 17.4 Å². The number of rotatable bonds is 4. The van der Waals surface area contributed by atoms with E-state index in [1.807, 2.05) is 11.8 Å². The Morgan fingerprint density at radius 2 is 2.05 bits per heavy atom. The van der Waals surface area contributed by atoms with Gasteiger partial charge in [-0.1, -0.05) is 12.1 Å². The summed E-state index contributed by atoms with van der Waals surface area (Å²) in [6.45, 7) is 0.528. The van der Waals surface area contributed by atoms with Gasteiger partial charge < -0.3 is 10.0 Å². The maximum Gasteiger partial charge on any atom is 0.335 e. The number of carbonyl (C=O) groups is 2. The third-order valence-corrected chi connectivity index (χ3v) is 4.44. The van der Waals surface area contributed by atoms with Gasteiger partial charge in [0.25, 0.3) is 0 Å². The van der Waals surface area contributed by atoms with Gasteiger partial charge in [0, 0.05) is 25.3 Å². The van der Waals surface area contributed by atoms with Gasteiger partial charge in [-0.2, -0.15) is 11.8 Å². The SMILES string of the molecule is CN(Cc1ccc(C(=O)O)cc1)C(=O)C1CCSC1. The molecule has 1 saturated heterocycles. The monoisotopic (exact) mass is 279 g/mol. The Kier molecular flexibility index (Phi) is 4.47. The lowest BCUT2D eigenvalue weighted by Gasteiger charge is -2.20. The van der Waals surface area contributed by atoms with Gasteiger partial charge in [0.05, 0.1) is 5.56 Å². The number of thioether (sulfide) groups is 1. The average molecular weight is 279 g/mol. The zero-order valence-electron chi connectivity index (χ0n) is 10.8. The molecule has 0 aliphatic carbocycles. The fourth-order valence-corrected chi connectivity index (χ4v) is 3.36. The first-order chi connectivity index (χ1) is 9.08. The van der Waals surface area contributed by atoms with Crippen LogP contribution in [0.5, 0.6) is 0 Å². The summed E-state index contributed by atoms with van der Waals surface area (Å²) < 4.78 is 0. The summed E-state index contributed by atoms with van der Waals surface area (Å²) in [5, 5.41) is 8.82. The molecule has 1 fully saturated rings. The molecule has 1 amide bonds. The van der Waals surface area contributed by atoms with Gasteiger partial charge in [-0.3, -0.25) is 4.79 Å². The minimum absolute atomic E-state index is 0.147. The maximum absolute atomic E-state index is 12.1. The van der Waals surface area contributed by atoms with Crippen LogP contribution in [0.3, 0.4) is 0 Å². The predicted octanol–water partition coefficient (Wildman–Crippen LogP) is 2.10. The Balaban J connectivity index is 1.96. The van der Waals surface area contributed by atoms with Gasteiger partial charge in [0.1, 0.15) is 0 Å². The highest BCUT2D eigenvalue weighted by atomic mass is 32.2. The first-order valence-corrected chi connectivity index (χ1v) is 7.38. The quantitative estimate of drug-likeness (QED) is 0.917. The molecule has 1 aliphatic rings. The van der Waals surface area contributed by atoms with E-state index in [0.717, 1.165) is 23.5 Å². The van der Waals surface area contributed by atoms with Crippen molar-refractivity contribution >= 4 is 23.6 Å². The van der Waals surface area contributed by atoms with E-state index in [1.54, 1.807) is 36.2 Å². The summed E-state index contributed by atoms with van der Waals surface area (Å²) in [6.07, 6.45) is 0.964. The Morgan fingerprint density at radius 3 is 2.58 bits per heavy atom. The highest BCUT2D eigenvalue weighted by Gasteiger charge is 2.25. The standard InChI is InChI=1S/C14H17NO3S/c1-15(13(16)12-6-7-19-9-12)8-10-2-4-11(5-3-10)14(17)18/h2-5,12H,6-9H2,1H3,(H,17,18). The molecular weight excluding hydrogens is 262 g/mol. The molecule has 0 spiro atoms. The second kappa shape index (κ2) is 6.10. The number of hydrogen-bond donors (Lipinski definition) is 1. The molecule has 1 aliphatic heterocycles. The lowest BCUT2D eigenvalue weighted by Crippen LogP contribution is -2.32. The van der Waals surface area contributed by atoms with Crippen LogP contribution in [-0.2, 0) is 11.3 Å². The molecule has 102 valence electrons. The van der Waals surface area contributed by atoms with Crippen LogP contribution in [0.2, 0.25) is 0 Å². The van der Waals surface area contributed by atoms with Gasteiger partial charge in [-0.05, 0) is 29.9 Å². The zero-order chi connectivity index (χ0) is 13.8. The van der Waals surface area contributed by atoms with Crippen LogP contribution >= 0.6 is 11.8 Å². The van der Waals surface area contributed by atoms with Crippen molar-refractivity contribution < 1.29 is 14.7 Å². The summed E-state index contributed by atoms with van der Waals surface area (Å²) in [6, 6.07) is 6.66. The molecule has 0 saturated carbocycles. The van der Waals surface area contributed by atoms with Crippen LogP contribution in [-0.4, -0.2) is 40.4 Å². The van der Waals surface area contributed by atoms with E-state index in [1.165, 1.54) is 0 Å². The van der Waals surface area contributed by atoms with Crippen LogP contribution < -0.4 is 0 Å². The molecule has 2 rings (SSSR count). The Bertz CT molecular complexity index is 466. The van der Waals surface area contributed by atoms with Crippen LogP contribution in [0, 0.1) is 5.92 Å². The molecule has 1 atom stereocenters. The van der Waals surface area contributed by atoms with E-state index >= 15 is 0 Å². The van der Waals surface area contributed by atoms with Crippen molar-refractivity contribution in [1.29, 1.82) is 0 Å². The zero-order valence-corrected chi connectivity index (χ0v) is 11.7. The van der Waals surface area contributed by atoms with Gasteiger partial charge >= 0.3 is 5.97 Å². The molecule has 4 nitrogen and oxygen atoms in total. The van der Waals surface area contributed by atoms with Crippen LogP contribution in [0.1, 0.15) is 22.3 Å². The number of nitrogens with zero attached hydrogens (tertiary/aromatic N) is 1. The summed E-state index contributed by atoms with van der Waals surface area (Å²) >= 11 is 1.83. The highest BCUT2D eigenvalue weighted by molar-refractivity contribution is 7.99. The van der Waals surface area contributed by atoms with Crippen molar-refractivity contribution in [2.45, 2.75) is 13.0 Å². The number of carboxylic acids is 1. The minimum Gasteiger partial charge on any atom is -0.478 e. The maximum atomic E-state index is 12.1. The lowest BCUT2D eigenvalue weighted by molar-refractivity contribution is -0.133. The first-order valence-electron chi connectivity index (χ1n) is 6.23. The van der Waals surface area contributed by atoms with Gasteiger partial charge in [-0.25, -0.2) is 4.79 Å². The lowest BCUT2D eigenvalue weighted by atomic mass is 10.1. The average Bonchev–Trinajstić information content (AvgIpc) is 2.92. The third-order valence-electron chi connectivity index (χ3n) is 3.28. The van der Waals surface area contributed by atoms with Crippen molar-refractivity contribution in [1.82, 2.24) is 4.90 Å². The molecule has 1 heterocycles. The van der Waals surface area contributed by atoms with E-state index < -0.39 is 5.97 Å². The summed E-state index contributed by atoms with van der Waals surface area (Å²) in [4.78, 5) is 24.6. The van der Waals surface area contributed by atoms with Crippen LogP contribution in [0.25, 0.3) is 0 Å². The fourth-order valence-electron chi connectivity index (χ4n) is 2.15. The molecule has 19 heavy (non-hydrogen) atoms. The Labute approximate surface area is 116 Å². The number of carboxylic acid groups (broad SMARTS) is 1. The van der Waals surface area contributed by atoms with Crippen LogP contribution in [0.4, 0.5) is 0 Å². The number of aromatic carboxylic acids is 1. The Hall–Kier alpha value is -1.49.